The van der Waals surface area contributed by atoms with Crippen LogP contribution in [0.4, 0.5) is 5.69 Å². The van der Waals surface area contributed by atoms with E-state index in [0.29, 0.717) is 28.8 Å². The predicted octanol–water partition coefficient (Wildman–Crippen LogP) is 2.44. The molecule has 0 radical (unpaired) electrons. The van der Waals surface area contributed by atoms with Gasteiger partial charge in [0, 0.05) is 26.2 Å². The number of nitrogens with one attached hydrogen (secondary N) is 1. The highest BCUT2D eigenvalue weighted by Crippen LogP contribution is 2.34. The van der Waals surface area contributed by atoms with Gasteiger partial charge in [-0.15, -0.1) is 0 Å². The molecule has 148 valence electrons. The van der Waals surface area contributed by atoms with E-state index in [1.807, 2.05) is 25.7 Å². The van der Waals surface area contributed by atoms with E-state index in [4.69, 9.17) is 23.2 Å². The molecule has 2 atom stereocenters. The number of piperazine rings is 1. The van der Waals surface area contributed by atoms with E-state index in [9.17, 15) is 9.59 Å². The number of hydrogen-bond acceptors (Lipinski definition) is 4. The fourth-order valence-corrected chi connectivity index (χ4v) is 4.39. The lowest BCUT2D eigenvalue weighted by atomic mass is 10.1. The number of amides is 2. The maximum atomic E-state index is 13.1. The first-order valence-corrected chi connectivity index (χ1v) is 10.1. The Labute approximate surface area is 170 Å². The summed E-state index contributed by atoms with van der Waals surface area (Å²) in [4.78, 5) is 31.1. The molecule has 0 bridgehead atoms. The highest BCUT2D eigenvalue weighted by molar-refractivity contribution is 6.39. The lowest BCUT2D eigenvalue weighted by Gasteiger charge is -2.38. The van der Waals surface area contributed by atoms with E-state index in [2.05, 4.69) is 10.2 Å². The summed E-state index contributed by atoms with van der Waals surface area (Å²) < 4.78 is 0. The van der Waals surface area contributed by atoms with Gasteiger partial charge in [0.15, 0.2) is 0 Å². The van der Waals surface area contributed by atoms with Crippen LogP contribution in [-0.2, 0) is 9.59 Å². The van der Waals surface area contributed by atoms with Gasteiger partial charge < -0.3 is 10.2 Å². The predicted molar refractivity (Wildman–Crippen MR) is 108 cm³/mol. The van der Waals surface area contributed by atoms with Crippen LogP contribution in [0.25, 0.3) is 0 Å². The Balaban J connectivity index is 1.75. The van der Waals surface area contributed by atoms with Crippen molar-refractivity contribution < 1.29 is 9.59 Å². The van der Waals surface area contributed by atoms with Crippen LogP contribution in [0.5, 0.6) is 0 Å². The number of para-hydroxylation sites is 1. The summed E-state index contributed by atoms with van der Waals surface area (Å²) in [6.45, 7) is 8.91. The molecule has 2 fully saturated rings. The molecule has 8 heteroatoms. The van der Waals surface area contributed by atoms with Gasteiger partial charge in [0.25, 0.3) is 0 Å². The zero-order valence-electron chi connectivity index (χ0n) is 15.9. The summed E-state index contributed by atoms with van der Waals surface area (Å²) in [6.07, 6.45) is 0.0553. The zero-order valence-corrected chi connectivity index (χ0v) is 17.4. The Morgan fingerprint density at radius 3 is 2.59 bits per heavy atom. The van der Waals surface area contributed by atoms with E-state index in [1.54, 1.807) is 23.1 Å². The number of carbonyl (C=O) groups is 2. The highest BCUT2D eigenvalue weighted by Gasteiger charge is 2.41. The van der Waals surface area contributed by atoms with E-state index < -0.39 is 0 Å². The molecule has 0 spiro atoms. The lowest BCUT2D eigenvalue weighted by molar-refractivity contribution is -0.125. The van der Waals surface area contributed by atoms with Crippen molar-refractivity contribution in [3.8, 4) is 0 Å². The molecular weight excluding hydrogens is 387 g/mol. The van der Waals surface area contributed by atoms with E-state index in [1.165, 1.54) is 0 Å². The van der Waals surface area contributed by atoms with Crippen LogP contribution in [-0.4, -0.2) is 66.5 Å². The number of rotatable bonds is 5. The highest BCUT2D eigenvalue weighted by atomic mass is 35.5. The van der Waals surface area contributed by atoms with Gasteiger partial charge in [-0.3, -0.25) is 19.4 Å². The normalized spacial score (nSPS) is 23.4. The number of benzene rings is 1. The van der Waals surface area contributed by atoms with Gasteiger partial charge in [0.2, 0.25) is 11.8 Å². The molecule has 27 heavy (non-hydrogen) atoms. The minimum Gasteiger partial charge on any atom is -0.339 e. The molecule has 0 aliphatic carbocycles. The van der Waals surface area contributed by atoms with Crippen LogP contribution in [0.3, 0.4) is 0 Å². The first-order valence-electron chi connectivity index (χ1n) is 9.30. The largest absolute Gasteiger partial charge is 0.339 e. The van der Waals surface area contributed by atoms with Crippen LogP contribution >= 0.6 is 23.2 Å². The molecule has 2 aliphatic rings. The Morgan fingerprint density at radius 2 is 1.96 bits per heavy atom. The average Bonchev–Trinajstić information content (AvgIpc) is 2.87. The van der Waals surface area contributed by atoms with Gasteiger partial charge in [0.1, 0.15) is 6.04 Å². The topological polar surface area (TPSA) is 55.9 Å². The van der Waals surface area contributed by atoms with Crippen molar-refractivity contribution in [3.05, 3.63) is 28.2 Å². The van der Waals surface area contributed by atoms with Crippen molar-refractivity contribution in [1.29, 1.82) is 0 Å². The van der Waals surface area contributed by atoms with Crippen LogP contribution in [0.15, 0.2) is 18.2 Å². The molecule has 6 nitrogen and oxygen atoms in total. The minimum absolute atomic E-state index is 0.0350. The van der Waals surface area contributed by atoms with Crippen LogP contribution < -0.4 is 10.2 Å². The molecular formula is C19H26Cl2N4O2. The van der Waals surface area contributed by atoms with Crippen LogP contribution in [0.1, 0.15) is 20.8 Å². The van der Waals surface area contributed by atoms with Crippen LogP contribution in [0, 0.1) is 5.92 Å². The van der Waals surface area contributed by atoms with E-state index in [-0.39, 0.29) is 36.5 Å². The number of anilines is 1. The summed E-state index contributed by atoms with van der Waals surface area (Å²) in [5.74, 6) is 0.242. The molecule has 1 aromatic carbocycles. The van der Waals surface area contributed by atoms with Gasteiger partial charge in [-0.2, -0.15) is 0 Å². The van der Waals surface area contributed by atoms with Crippen molar-refractivity contribution in [2.45, 2.75) is 33.0 Å². The number of hydrogen-bond donors (Lipinski definition) is 1. The van der Waals surface area contributed by atoms with Gasteiger partial charge >= 0.3 is 0 Å². The quantitative estimate of drug-likeness (QED) is 0.806. The standard InChI is InChI=1S/C19H26Cl2N4O2/c1-12(2)9-25(18-14(20)5-4-6-15(18)21)17(26)11-23-7-8-24-13(3)22-19(27)16(24)10-23/h4-6,12-13,16H,7-11H2,1-3H3,(H,22,27). The first kappa shape index (κ1) is 20.4. The SMILES string of the molecule is CC(C)CN(C(=O)CN1CCN2C(C)NC(=O)C2C1)c1c(Cl)cccc1Cl. The third-order valence-corrected chi connectivity index (χ3v) is 5.68. The number of carbonyl (C=O) groups excluding carboxylic acids is 2. The molecule has 2 aliphatic heterocycles. The maximum absolute atomic E-state index is 13.1. The van der Waals surface area contributed by atoms with E-state index >= 15 is 0 Å². The molecule has 2 heterocycles. The summed E-state index contributed by atoms with van der Waals surface area (Å²) >= 11 is 12.7. The molecule has 1 N–H and O–H groups in total. The number of halogens is 2. The Morgan fingerprint density at radius 1 is 1.30 bits per heavy atom. The smallest absolute Gasteiger partial charge is 0.241 e. The Hall–Kier alpha value is -1.34. The fourth-order valence-electron chi connectivity index (χ4n) is 3.79. The third-order valence-electron chi connectivity index (χ3n) is 5.07. The second-order valence-corrected chi connectivity index (χ2v) is 8.46. The minimum atomic E-state index is -0.191. The number of nitrogens with zero attached hydrogens (tertiary/aromatic N) is 3. The monoisotopic (exact) mass is 412 g/mol. The lowest BCUT2D eigenvalue weighted by Crippen LogP contribution is -2.56. The molecule has 3 rings (SSSR count). The van der Waals surface area contributed by atoms with Gasteiger partial charge in [-0.1, -0.05) is 43.1 Å². The first-order chi connectivity index (χ1) is 12.8. The van der Waals surface area contributed by atoms with Gasteiger partial charge in [-0.25, -0.2) is 0 Å². The summed E-state index contributed by atoms with van der Waals surface area (Å²) in [5, 5.41) is 3.88. The third kappa shape index (κ3) is 4.40. The summed E-state index contributed by atoms with van der Waals surface area (Å²) in [7, 11) is 0. The molecule has 2 amide bonds. The number of fused-ring (bicyclic) bond motifs is 1. The molecule has 0 saturated carbocycles. The van der Waals surface area contributed by atoms with Crippen molar-refractivity contribution in [2.75, 3.05) is 37.6 Å². The Bertz CT molecular complexity index is 707. The fraction of sp³-hybridized carbons (Fsp3) is 0.579. The molecule has 0 aromatic heterocycles. The van der Waals surface area contributed by atoms with Crippen molar-refractivity contribution in [2.24, 2.45) is 5.92 Å². The van der Waals surface area contributed by atoms with Crippen molar-refractivity contribution >= 4 is 40.7 Å². The Kier molecular flexibility index (Phi) is 6.31. The summed E-state index contributed by atoms with van der Waals surface area (Å²) in [5.41, 5.74) is 0.561. The molecule has 1 aromatic rings. The average molecular weight is 413 g/mol. The molecule has 2 unspecified atom stereocenters. The van der Waals surface area contributed by atoms with Gasteiger partial charge in [0.05, 0.1) is 28.4 Å². The zero-order chi connectivity index (χ0) is 19.7. The second-order valence-electron chi connectivity index (χ2n) is 7.64. The van der Waals surface area contributed by atoms with Crippen molar-refractivity contribution in [3.63, 3.8) is 0 Å². The van der Waals surface area contributed by atoms with Crippen molar-refractivity contribution in [1.82, 2.24) is 15.1 Å². The maximum Gasteiger partial charge on any atom is 0.241 e. The van der Waals surface area contributed by atoms with Crippen LogP contribution in [0.2, 0.25) is 10.0 Å². The summed E-state index contributed by atoms with van der Waals surface area (Å²) in [6, 6.07) is 5.06. The van der Waals surface area contributed by atoms with Gasteiger partial charge in [-0.05, 0) is 25.0 Å². The van der Waals surface area contributed by atoms with E-state index in [0.717, 1.165) is 13.1 Å². The molecule has 2 saturated heterocycles. The second kappa shape index (κ2) is 8.35.